The number of carbonyl (C=O) groups excluding carboxylic acids is 1. The first-order valence-corrected chi connectivity index (χ1v) is 8.44. The number of nitrogens with two attached hydrogens (primary N) is 1. The highest BCUT2D eigenvalue weighted by molar-refractivity contribution is 5.94. The molecule has 1 amide bonds. The first kappa shape index (κ1) is 21.8. The number of rotatable bonds is 7. The van der Waals surface area contributed by atoms with E-state index in [2.05, 4.69) is 15.3 Å². The number of carboxylic acids is 1. The predicted octanol–water partition coefficient (Wildman–Crippen LogP) is 2.78. The fraction of sp³-hybridized carbons (Fsp3) is 0.100. The molecule has 3 aromatic rings. The lowest BCUT2D eigenvalue weighted by molar-refractivity contribution is 0.0696. The quantitative estimate of drug-likeness (QED) is 0.542. The highest BCUT2D eigenvalue weighted by Crippen LogP contribution is 2.20. The molecule has 150 valence electrons. The minimum atomic E-state index is -0.991. The molecule has 3 rings (SSSR count). The summed E-state index contributed by atoms with van der Waals surface area (Å²) >= 11 is 0. The van der Waals surface area contributed by atoms with Crippen molar-refractivity contribution in [1.29, 1.82) is 0 Å². The Morgan fingerprint density at radius 3 is 2.48 bits per heavy atom. The van der Waals surface area contributed by atoms with Crippen LogP contribution >= 0.6 is 12.4 Å². The van der Waals surface area contributed by atoms with E-state index in [4.69, 9.17) is 15.6 Å². The molecule has 4 N–H and O–H groups in total. The molecule has 0 aliphatic carbocycles. The number of carbonyl (C=O) groups is 2. The molecule has 0 radical (unpaired) electrons. The van der Waals surface area contributed by atoms with Crippen LogP contribution in [-0.4, -0.2) is 27.0 Å². The van der Waals surface area contributed by atoms with Crippen LogP contribution in [0.2, 0.25) is 0 Å². The van der Waals surface area contributed by atoms with Gasteiger partial charge < -0.3 is 20.9 Å². The molecule has 1 heterocycles. The normalized spacial score (nSPS) is 9.97. The third-order valence-electron chi connectivity index (χ3n) is 3.88. The summed E-state index contributed by atoms with van der Waals surface area (Å²) in [6, 6.07) is 14.6. The second kappa shape index (κ2) is 10.2. The zero-order valence-electron chi connectivity index (χ0n) is 15.2. The van der Waals surface area contributed by atoms with Crippen LogP contribution in [0.1, 0.15) is 32.0 Å². The van der Waals surface area contributed by atoms with Crippen LogP contribution in [0.4, 0.5) is 0 Å². The van der Waals surface area contributed by atoms with E-state index in [1.165, 1.54) is 18.5 Å². The number of hydrogen-bond acceptors (Lipinski definition) is 6. The van der Waals surface area contributed by atoms with Gasteiger partial charge in [0.1, 0.15) is 12.1 Å². The molecule has 1 aromatic heterocycles. The molecule has 0 atom stereocenters. The topological polar surface area (TPSA) is 127 Å². The van der Waals surface area contributed by atoms with Crippen molar-refractivity contribution in [3.8, 4) is 11.6 Å². The van der Waals surface area contributed by atoms with Gasteiger partial charge in [0.2, 0.25) is 5.88 Å². The molecule has 0 bridgehead atoms. The number of nitrogens with zero attached hydrogens (tertiary/aromatic N) is 2. The van der Waals surface area contributed by atoms with E-state index in [0.29, 0.717) is 22.9 Å². The largest absolute Gasteiger partial charge is 0.478 e. The Balaban J connectivity index is 0.00000300. The zero-order chi connectivity index (χ0) is 19.9. The maximum absolute atomic E-state index is 12.4. The lowest BCUT2D eigenvalue weighted by Gasteiger charge is -2.09. The molecular formula is C20H19ClN4O4. The summed E-state index contributed by atoms with van der Waals surface area (Å²) in [6.45, 7) is 0.546. The number of nitrogens with one attached hydrogen (secondary N) is 1. The van der Waals surface area contributed by atoms with E-state index >= 15 is 0 Å². The number of amides is 1. The second-order valence-corrected chi connectivity index (χ2v) is 5.87. The highest BCUT2D eigenvalue weighted by Gasteiger charge is 2.09. The summed E-state index contributed by atoms with van der Waals surface area (Å²) in [4.78, 5) is 31.3. The van der Waals surface area contributed by atoms with E-state index in [1.807, 2.05) is 0 Å². The summed E-state index contributed by atoms with van der Waals surface area (Å²) in [5, 5.41) is 11.7. The van der Waals surface area contributed by atoms with Crippen LogP contribution in [0.25, 0.3) is 0 Å². The Labute approximate surface area is 173 Å². The molecule has 0 saturated heterocycles. The lowest BCUT2D eigenvalue weighted by atomic mass is 10.1. The van der Waals surface area contributed by atoms with Gasteiger partial charge >= 0.3 is 5.97 Å². The molecule has 8 nitrogen and oxygen atoms in total. The molecule has 0 aliphatic rings. The van der Waals surface area contributed by atoms with Crippen LogP contribution < -0.4 is 15.8 Å². The first-order valence-electron chi connectivity index (χ1n) is 8.44. The maximum Gasteiger partial charge on any atom is 0.335 e. The lowest BCUT2D eigenvalue weighted by Crippen LogP contribution is -2.22. The first-order chi connectivity index (χ1) is 13.5. The predicted molar refractivity (Wildman–Crippen MR) is 108 cm³/mol. The minimum Gasteiger partial charge on any atom is -0.478 e. The number of benzene rings is 2. The van der Waals surface area contributed by atoms with Crippen molar-refractivity contribution in [2.24, 2.45) is 5.73 Å². The number of aromatic nitrogens is 2. The van der Waals surface area contributed by atoms with Gasteiger partial charge in [-0.3, -0.25) is 4.79 Å². The highest BCUT2D eigenvalue weighted by atomic mass is 35.5. The summed E-state index contributed by atoms with van der Waals surface area (Å²) < 4.78 is 5.67. The van der Waals surface area contributed by atoms with Gasteiger partial charge in [-0.15, -0.1) is 12.4 Å². The van der Waals surface area contributed by atoms with Crippen molar-refractivity contribution in [2.75, 3.05) is 0 Å². The Kier molecular flexibility index (Phi) is 7.64. The standard InChI is InChI=1S/C20H18N4O4.ClH/c21-10-16-9-18(24-12-23-16)28-17-3-1-2-15(8-17)19(25)22-11-13-4-6-14(7-5-13)20(26)27;/h1-9,12H,10-11,21H2,(H,22,25)(H,26,27);1H. The molecule has 2 aromatic carbocycles. The molecule has 0 fully saturated rings. The van der Waals surface area contributed by atoms with Crippen LogP contribution in [0.5, 0.6) is 11.6 Å². The van der Waals surface area contributed by atoms with Crippen LogP contribution in [-0.2, 0) is 13.1 Å². The van der Waals surface area contributed by atoms with E-state index in [-0.39, 0.29) is 37.0 Å². The van der Waals surface area contributed by atoms with Crippen LogP contribution in [0.3, 0.4) is 0 Å². The summed E-state index contributed by atoms with van der Waals surface area (Å²) in [6.07, 6.45) is 1.36. The van der Waals surface area contributed by atoms with Crippen molar-refractivity contribution in [3.63, 3.8) is 0 Å². The maximum atomic E-state index is 12.4. The molecule has 0 unspecified atom stereocenters. The molecule has 0 saturated carbocycles. The number of ether oxygens (including phenoxy) is 1. The molecule has 29 heavy (non-hydrogen) atoms. The monoisotopic (exact) mass is 414 g/mol. The zero-order valence-corrected chi connectivity index (χ0v) is 16.1. The molecule has 0 aliphatic heterocycles. The van der Waals surface area contributed by atoms with E-state index in [0.717, 1.165) is 5.56 Å². The Hall–Kier alpha value is -3.49. The Bertz CT molecular complexity index is 996. The van der Waals surface area contributed by atoms with Gasteiger partial charge in [0.25, 0.3) is 5.91 Å². The van der Waals surface area contributed by atoms with Crippen LogP contribution in [0, 0.1) is 0 Å². The number of aromatic carboxylic acids is 1. The van der Waals surface area contributed by atoms with Gasteiger partial charge in [-0.2, -0.15) is 0 Å². The van der Waals surface area contributed by atoms with Crippen molar-refractivity contribution in [2.45, 2.75) is 13.1 Å². The summed E-state index contributed by atoms with van der Waals surface area (Å²) in [5.41, 5.74) is 7.61. The minimum absolute atomic E-state index is 0. The fourth-order valence-electron chi connectivity index (χ4n) is 2.42. The smallest absolute Gasteiger partial charge is 0.335 e. The SMILES string of the molecule is Cl.NCc1cc(Oc2cccc(C(=O)NCc3ccc(C(=O)O)cc3)c2)ncn1. The number of carboxylic acid groups (broad SMARTS) is 1. The molecule has 0 spiro atoms. The number of hydrogen-bond donors (Lipinski definition) is 3. The number of halogens is 1. The van der Waals surface area contributed by atoms with Crippen molar-refractivity contribution in [3.05, 3.63) is 83.3 Å². The van der Waals surface area contributed by atoms with Gasteiger partial charge in [-0.05, 0) is 35.9 Å². The van der Waals surface area contributed by atoms with Crippen molar-refractivity contribution in [1.82, 2.24) is 15.3 Å². The van der Waals surface area contributed by atoms with Crippen molar-refractivity contribution < 1.29 is 19.4 Å². The summed E-state index contributed by atoms with van der Waals surface area (Å²) in [5.74, 6) is -0.473. The second-order valence-electron chi connectivity index (χ2n) is 5.87. The Morgan fingerprint density at radius 2 is 1.79 bits per heavy atom. The summed E-state index contributed by atoms with van der Waals surface area (Å²) in [7, 11) is 0. The average molecular weight is 415 g/mol. The third kappa shape index (κ3) is 6.00. The average Bonchev–Trinajstić information content (AvgIpc) is 2.72. The van der Waals surface area contributed by atoms with Crippen molar-refractivity contribution >= 4 is 24.3 Å². The van der Waals surface area contributed by atoms with Gasteiger partial charge in [-0.1, -0.05) is 18.2 Å². The van der Waals surface area contributed by atoms with Gasteiger partial charge in [0.05, 0.1) is 11.3 Å². The third-order valence-corrected chi connectivity index (χ3v) is 3.88. The fourth-order valence-corrected chi connectivity index (χ4v) is 2.42. The Morgan fingerprint density at radius 1 is 1.03 bits per heavy atom. The molecule has 9 heteroatoms. The van der Waals surface area contributed by atoms with Gasteiger partial charge in [-0.25, -0.2) is 14.8 Å². The molecular weight excluding hydrogens is 396 g/mol. The van der Waals surface area contributed by atoms with Gasteiger partial charge in [0, 0.05) is 24.7 Å². The van der Waals surface area contributed by atoms with Crippen LogP contribution in [0.15, 0.2) is 60.9 Å². The van der Waals surface area contributed by atoms with E-state index in [9.17, 15) is 9.59 Å². The van der Waals surface area contributed by atoms with E-state index < -0.39 is 5.97 Å². The van der Waals surface area contributed by atoms with E-state index in [1.54, 1.807) is 42.5 Å². The van der Waals surface area contributed by atoms with Gasteiger partial charge in [0.15, 0.2) is 0 Å².